The molecule has 25 heavy (non-hydrogen) atoms. The first-order valence-electron chi connectivity index (χ1n) is 8.08. The van der Waals surface area contributed by atoms with E-state index in [0.29, 0.717) is 36.4 Å². The van der Waals surface area contributed by atoms with E-state index < -0.39 is 16.1 Å². The van der Waals surface area contributed by atoms with Crippen molar-refractivity contribution in [3.05, 3.63) is 54.1 Å². The normalized spacial score (nSPS) is 19.9. The SMILES string of the molecule is O=C(c1ccccc1)C1CCCN1S(=O)(=O)c1ccc2c(c1)OCO2. The molecule has 2 heterocycles. The molecule has 2 aliphatic heterocycles. The number of fused-ring (bicyclic) bond motifs is 1. The largest absolute Gasteiger partial charge is 0.454 e. The number of hydrogen-bond donors (Lipinski definition) is 0. The quantitative estimate of drug-likeness (QED) is 0.784. The predicted molar refractivity (Wildman–Crippen MR) is 90.3 cm³/mol. The second-order valence-corrected chi connectivity index (χ2v) is 7.91. The van der Waals surface area contributed by atoms with Crippen molar-refractivity contribution in [1.29, 1.82) is 0 Å². The molecule has 0 amide bonds. The van der Waals surface area contributed by atoms with Gasteiger partial charge in [-0.1, -0.05) is 30.3 Å². The summed E-state index contributed by atoms with van der Waals surface area (Å²) in [5.74, 6) is 0.769. The van der Waals surface area contributed by atoms with Crippen LogP contribution in [0.2, 0.25) is 0 Å². The topological polar surface area (TPSA) is 72.9 Å². The fourth-order valence-electron chi connectivity index (χ4n) is 3.26. The Morgan fingerprint density at radius 3 is 2.60 bits per heavy atom. The number of rotatable bonds is 4. The van der Waals surface area contributed by atoms with Gasteiger partial charge in [0.15, 0.2) is 17.3 Å². The molecule has 0 aromatic heterocycles. The molecule has 0 N–H and O–H groups in total. The van der Waals surface area contributed by atoms with Gasteiger partial charge in [-0.25, -0.2) is 8.42 Å². The number of nitrogens with zero attached hydrogens (tertiary/aromatic N) is 1. The first-order valence-corrected chi connectivity index (χ1v) is 9.52. The molecule has 0 bridgehead atoms. The minimum atomic E-state index is -3.79. The zero-order valence-corrected chi connectivity index (χ0v) is 14.2. The molecule has 2 aromatic carbocycles. The van der Waals surface area contributed by atoms with Crippen LogP contribution in [0.5, 0.6) is 11.5 Å². The van der Waals surface area contributed by atoms with Gasteiger partial charge in [0.2, 0.25) is 16.8 Å². The number of carbonyl (C=O) groups is 1. The molecule has 0 saturated carbocycles. The lowest BCUT2D eigenvalue weighted by molar-refractivity contribution is 0.0918. The second kappa shape index (κ2) is 6.16. The van der Waals surface area contributed by atoms with Crippen molar-refractivity contribution in [1.82, 2.24) is 4.31 Å². The monoisotopic (exact) mass is 359 g/mol. The highest BCUT2D eigenvalue weighted by molar-refractivity contribution is 7.89. The third kappa shape index (κ3) is 2.79. The van der Waals surface area contributed by atoms with E-state index >= 15 is 0 Å². The van der Waals surface area contributed by atoms with Crippen molar-refractivity contribution in [2.45, 2.75) is 23.8 Å². The second-order valence-electron chi connectivity index (χ2n) is 6.02. The maximum atomic E-state index is 13.1. The van der Waals surface area contributed by atoms with E-state index in [1.54, 1.807) is 30.3 Å². The molecular formula is C18H17NO5S. The molecular weight excluding hydrogens is 342 g/mol. The minimum Gasteiger partial charge on any atom is -0.454 e. The Balaban J connectivity index is 1.66. The van der Waals surface area contributed by atoms with Gasteiger partial charge in [-0.3, -0.25) is 4.79 Å². The van der Waals surface area contributed by atoms with Gasteiger partial charge in [-0.05, 0) is 25.0 Å². The van der Waals surface area contributed by atoms with Crippen LogP contribution in [0.3, 0.4) is 0 Å². The van der Waals surface area contributed by atoms with Crippen molar-refractivity contribution in [2.24, 2.45) is 0 Å². The summed E-state index contributed by atoms with van der Waals surface area (Å²) in [5.41, 5.74) is 0.528. The summed E-state index contributed by atoms with van der Waals surface area (Å²) >= 11 is 0. The van der Waals surface area contributed by atoms with E-state index in [1.165, 1.54) is 16.4 Å². The number of benzene rings is 2. The number of hydrogen-bond acceptors (Lipinski definition) is 5. The van der Waals surface area contributed by atoms with E-state index in [1.807, 2.05) is 6.07 Å². The van der Waals surface area contributed by atoms with Gasteiger partial charge in [-0.15, -0.1) is 0 Å². The highest BCUT2D eigenvalue weighted by Gasteiger charge is 2.40. The van der Waals surface area contributed by atoms with Crippen LogP contribution in [0.15, 0.2) is 53.4 Å². The Morgan fingerprint density at radius 1 is 1.04 bits per heavy atom. The third-order valence-electron chi connectivity index (χ3n) is 4.52. The highest BCUT2D eigenvalue weighted by Crippen LogP contribution is 2.36. The summed E-state index contributed by atoms with van der Waals surface area (Å²) in [5, 5.41) is 0. The predicted octanol–water partition coefficient (Wildman–Crippen LogP) is 2.45. The lowest BCUT2D eigenvalue weighted by Crippen LogP contribution is -2.40. The summed E-state index contributed by atoms with van der Waals surface area (Å²) in [4.78, 5) is 12.9. The smallest absolute Gasteiger partial charge is 0.243 e. The van der Waals surface area contributed by atoms with E-state index in [-0.39, 0.29) is 17.5 Å². The molecule has 1 unspecified atom stereocenters. The van der Waals surface area contributed by atoms with E-state index in [9.17, 15) is 13.2 Å². The standard InChI is InChI=1S/C18H17NO5S/c20-18(13-5-2-1-3-6-13)15-7-4-10-19(15)25(21,22)14-8-9-16-17(11-14)24-12-23-16/h1-3,5-6,8-9,11,15H,4,7,10,12H2. The van der Waals surface area contributed by atoms with Gasteiger partial charge in [0.05, 0.1) is 10.9 Å². The summed E-state index contributed by atoms with van der Waals surface area (Å²) in [7, 11) is -3.79. The molecule has 1 atom stereocenters. The Hall–Kier alpha value is -2.38. The van der Waals surface area contributed by atoms with Gasteiger partial charge < -0.3 is 9.47 Å². The molecule has 0 radical (unpaired) electrons. The summed E-state index contributed by atoms with van der Waals surface area (Å²) in [6.07, 6.45) is 1.19. The average Bonchev–Trinajstić information content (AvgIpc) is 3.30. The average molecular weight is 359 g/mol. The minimum absolute atomic E-state index is 0.0810. The Kier molecular flexibility index (Phi) is 3.97. The van der Waals surface area contributed by atoms with Gasteiger partial charge >= 0.3 is 0 Å². The molecule has 1 fully saturated rings. The van der Waals surface area contributed by atoms with E-state index in [4.69, 9.17) is 9.47 Å². The van der Waals surface area contributed by atoms with Crippen molar-refractivity contribution >= 4 is 15.8 Å². The number of carbonyl (C=O) groups excluding carboxylic acids is 1. The Morgan fingerprint density at radius 2 is 1.80 bits per heavy atom. The van der Waals surface area contributed by atoms with Crippen molar-refractivity contribution in [3.8, 4) is 11.5 Å². The maximum absolute atomic E-state index is 13.1. The van der Waals surface area contributed by atoms with Gasteiger partial charge in [-0.2, -0.15) is 4.31 Å². The van der Waals surface area contributed by atoms with Crippen molar-refractivity contribution < 1.29 is 22.7 Å². The molecule has 2 aliphatic rings. The highest BCUT2D eigenvalue weighted by atomic mass is 32.2. The van der Waals surface area contributed by atoms with Crippen LogP contribution in [0.1, 0.15) is 23.2 Å². The Bertz CT molecular complexity index is 910. The summed E-state index contributed by atoms with van der Waals surface area (Å²) in [6.45, 7) is 0.414. The fraction of sp³-hybridized carbons (Fsp3) is 0.278. The summed E-state index contributed by atoms with van der Waals surface area (Å²) < 4.78 is 37.9. The van der Waals surface area contributed by atoms with Crippen LogP contribution in [-0.4, -0.2) is 37.9 Å². The first kappa shape index (κ1) is 16.1. The van der Waals surface area contributed by atoms with Gasteiger partial charge in [0.1, 0.15) is 0 Å². The molecule has 130 valence electrons. The van der Waals surface area contributed by atoms with E-state index in [0.717, 1.165) is 0 Å². The molecule has 2 aromatic rings. The van der Waals surface area contributed by atoms with Crippen LogP contribution in [0.25, 0.3) is 0 Å². The summed E-state index contributed by atoms with van der Waals surface area (Å²) in [6, 6.07) is 12.7. The van der Waals surface area contributed by atoms with Crippen LogP contribution in [0, 0.1) is 0 Å². The van der Waals surface area contributed by atoms with Crippen molar-refractivity contribution in [2.75, 3.05) is 13.3 Å². The van der Waals surface area contributed by atoms with Crippen LogP contribution in [0.4, 0.5) is 0 Å². The number of sulfonamides is 1. The van der Waals surface area contributed by atoms with E-state index in [2.05, 4.69) is 0 Å². The van der Waals surface area contributed by atoms with Crippen LogP contribution < -0.4 is 9.47 Å². The number of Topliss-reactive ketones (excluding diaryl/α,β-unsaturated/α-hetero) is 1. The third-order valence-corrected chi connectivity index (χ3v) is 6.42. The molecule has 6 nitrogen and oxygen atoms in total. The number of ketones is 1. The maximum Gasteiger partial charge on any atom is 0.243 e. The lowest BCUT2D eigenvalue weighted by atomic mass is 10.0. The van der Waals surface area contributed by atoms with Gasteiger partial charge in [0.25, 0.3) is 0 Å². The van der Waals surface area contributed by atoms with Crippen molar-refractivity contribution in [3.63, 3.8) is 0 Å². The molecule has 1 saturated heterocycles. The van der Waals surface area contributed by atoms with Gasteiger partial charge in [0, 0.05) is 18.2 Å². The zero-order chi connectivity index (χ0) is 17.4. The number of ether oxygens (including phenoxy) is 2. The fourth-order valence-corrected chi connectivity index (χ4v) is 4.93. The molecule has 7 heteroatoms. The van der Waals surface area contributed by atoms with Crippen LogP contribution >= 0.6 is 0 Å². The zero-order valence-electron chi connectivity index (χ0n) is 13.4. The lowest BCUT2D eigenvalue weighted by Gasteiger charge is -2.23. The molecule has 0 aliphatic carbocycles. The van der Waals surface area contributed by atoms with Crippen LogP contribution in [-0.2, 0) is 10.0 Å². The molecule has 4 rings (SSSR count). The Labute approximate surface area is 146 Å². The first-order chi connectivity index (χ1) is 12.1. The molecule has 0 spiro atoms.